The molecule has 2 heteroatoms. The van der Waals surface area contributed by atoms with E-state index in [1.807, 2.05) is 38.1 Å². The van der Waals surface area contributed by atoms with E-state index in [-0.39, 0.29) is 11.7 Å². The van der Waals surface area contributed by atoms with Crippen LogP contribution in [0.1, 0.15) is 29.3 Å². The quantitative estimate of drug-likeness (QED) is 0.692. The van der Waals surface area contributed by atoms with E-state index in [0.29, 0.717) is 13.0 Å². The third-order valence-electron chi connectivity index (χ3n) is 2.43. The van der Waals surface area contributed by atoms with Crippen LogP contribution in [0, 0.1) is 12.8 Å². The zero-order valence-corrected chi connectivity index (χ0v) is 9.62. The van der Waals surface area contributed by atoms with Gasteiger partial charge in [0.1, 0.15) is 0 Å². The molecule has 0 saturated carbocycles. The van der Waals surface area contributed by atoms with Gasteiger partial charge >= 0.3 is 0 Å². The number of ketones is 1. The number of methoxy groups -OCH3 is 1. The van der Waals surface area contributed by atoms with E-state index in [9.17, 15) is 4.79 Å². The molecule has 0 spiro atoms. The minimum atomic E-state index is 0.206. The summed E-state index contributed by atoms with van der Waals surface area (Å²) in [6, 6.07) is 7.71. The summed E-state index contributed by atoms with van der Waals surface area (Å²) in [4.78, 5) is 11.9. The van der Waals surface area contributed by atoms with E-state index < -0.39 is 0 Å². The van der Waals surface area contributed by atoms with Crippen LogP contribution < -0.4 is 0 Å². The zero-order chi connectivity index (χ0) is 11.3. The molecule has 2 nitrogen and oxygen atoms in total. The molecule has 0 aliphatic rings. The van der Waals surface area contributed by atoms with Gasteiger partial charge in [-0.1, -0.05) is 31.2 Å². The second-order valence-corrected chi connectivity index (χ2v) is 4.00. The molecule has 15 heavy (non-hydrogen) atoms. The molecule has 0 aromatic heterocycles. The maximum Gasteiger partial charge on any atom is 0.163 e. The topological polar surface area (TPSA) is 26.3 Å². The van der Waals surface area contributed by atoms with Crippen molar-refractivity contribution in [2.45, 2.75) is 20.3 Å². The second kappa shape index (κ2) is 5.66. The molecular weight excluding hydrogens is 188 g/mol. The Morgan fingerprint density at radius 3 is 2.67 bits per heavy atom. The number of carbonyl (C=O) groups excluding carboxylic acids is 1. The van der Waals surface area contributed by atoms with Crippen molar-refractivity contribution < 1.29 is 9.53 Å². The van der Waals surface area contributed by atoms with Crippen LogP contribution in [0.4, 0.5) is 0 Å². The highest BCUT2D eigenvalue weighted by Gasteiger charge is 2.12. The van der Waals surface area contributed by atoms with Crippen molar-refractivity contribution in [1.29, 1.82) is 0 Å². The summed E-state index contributed by atoms with van der Waals surface area (Å²) < 4.78 is 5.02. The van der Waals surface area contributed by atoms with Crippen LogP contribution in [0.2, 0.25) is 0 Å². The van der Waals surface area contributed by atoms with Gasteiger partial charge in [-0.15, -0.1) is 0 Å². The third-order valence-corrected chi connectivity index (χ3v) is 2.43. The van der Waals surface area contributed by atoms with Crippen molar-refractivity contribution in [1.82, 2.24) is 0 Å². The summed E-state index contributed by atoms with van der Waals surface area (Å²) in [6.07, 6.45) is 0.554. The van der Waals surface area contributed by atoms with Crippen molar-refractivity contribution in [3.05, 3.63) is 35.4 Å². The van der Waals surface area contributed by atoms with Gasteiger partial charge in [0.05, 0.1) is 0 Å². The fourth-order valence-corrected chi connectivity index (χ4v) is 1.66. The van der Waals surface area contributed by atoms with Crippen molar-refractivity contribution in [2.24, 2.45) is 5.92 Å². The monoisotopic (exact) mass is 206 g/mol. The molecule has 82 valence electrons. The smallest absolute Gasteiger partial charge is 0.163 e. The maximum absolute atomic E-state index is 11.9. The average Bonchev–Trinajstić information content (AvgIpc) is 2.18. The minimum absolute atomic E-state index is 0.206. The van der Waals surface area contributed by atoms with Crippen molar-refractivity contribution >= 4 is 5.78 Å². The Morgan fingerprint density at radius 2 is 2.07 bits per heavy atom. The number of rotatable bonds is 5. The molecule has 1 atom stereocenters. The van der Waals surface area contributed by atoms with Gasteiger partial charge in [0.25, 0.3) is 0 Å². The summed E-state index contributed by atoms with van der Waals surface area (Å²) in [7, 11) is 1.66. The lowest BCUT2D eigenvalue weighted by Gasteiger charge is -2.10. The summed E-state index contributed by atoms with van der Waals surface area (Å²) in [5, 5.41) is 0. The third kappa shape index (κ3) is 3.48. The first kappa shape index (κ1) is 11.9. The van der Waals surface area contributed by atoms with E-state index in [1.54, 1.807) is 7.11 Å². The van der Waals surface area contributed by atoms with Gasteiger partial charge in [-0.2, -0.15) is 0 Å². The van der Waals surface area contributed by atoms with Gasteiger partial charge in [0.2, 0.25) is 0 Å². The van der Waals surface area contributed by atoms with Crippen LogP contribution in [-0.2, 0) is 4.74 Å². The highest BCUT2D eigenvalue weighted by molar-refractivity contribution is 5.97. The number of Topliss-reactive ketones (excluding diaryl/α,β-unsaturated/α-hetero) is 1. The molecule has 0 amide bonds. The second-order valence-electron chi connectivity index (χ2n) is 4.00. The molecule has 1 rings (SSSR count). The van der Waals surface area contributed by atoms with Crippen molar-refractivity contribution in [3.63, 3.8) is 0 Å². The molecule has 0 aliphatic heterocycles. The molecule has 0 saturated heterocycles. The van der Waals surface area contributed by atoms with E-state index in [4.69, 9.17) is 4.74 Å². The van der Waals surface area contributed by atoms with Gasteiger partial charge in [0, 0.05) is 25.7 Å². The highest BCUT2D eigenvalue weighted by atomic mass is 16.5. The Kier molecular flexibility index (Phi) is 4.50. The molecule has 0 N–H and O–H groups in total. The molecular formula is C13H18O2. The highest BCUT2D eigenvalue weighted by Crippen LogP contribution is 2.13. The summed E-state index contributed by atoms with van der Waals surface area (Å²) >= 11 is 0. The predicted molar refractivity (Wildman–Crippen MR) is 61.2 cm³/mol. The molecule has 1 unspecified atom stereocenters. The number of hydrogen-bond acceptors (Lipinski definition) is 2. The molecule has 0 aliphatic carbocycles. The van der Waals surface area contributed by atoms with Gasteiger partial charge < -0.3 is 4.74 Å². The fraction of sp³-hybridized carbons (Fsp3) is 0.462. The predicted octanol–water partition coefficient (Wildman–Crippen LogP) is 2.85. The normalized spacial score (nSPS) is 12.5. The lowest BCUT2D eigenvalue weighted by molar-refractivity contribution is 0.0919. The molecule has 1 aromatic carbocycles. The van der Waals surface area contributed by atoms with E-state index in [1.165, 1.54) is 0 Å². The minimum Gasteiger partial charge on any atom is -0.384 e. The number of hydrogen-bond donors (Lipinski definition) is 0. The standard InChI is InChI=1S/C13H18O2/c1-10(9-15-3)8-13(14)12-7-5-4-6-11(12)2/h4-7,10H,8-9H2,1-3H3. The van der Waals surface area contributed by atoms with Gasteiger partial charge in [-0.3, -0.25) is 4.79 Å². The summed E-state index contributed by atoms with van der Waals surface area (Å²) in [5.41, 5.74) is 1.88. The van der Waals surface area contributed by atoms with Crippen molar-refractivity contribution in [3.8, 4) is 0 Å². The molecule has 0 fully saturated rings. The first-order chi connectivity index (χ1) is 7.15. The van der Waals surface area contributed by atoms with Crippen LogP contribution >= 0.6 is 0 Å². The molecule has 0 heterocycles. The number of ether oxygens (including phenoxy) is 1. The van der Waals surface area contributed by atoms with Gasteiger partial charge in [-0.25, -0.2) is 0 Å². The molecule has 0 bridgehead atoms. The van der Waals surface area contributed by atoms with Crippen LogP contribution in [0.3, 0.4) is 0 Å². The van der Waals surface area contributed by atoms with Crippen LogP contribution in [0.5, 0.6) is 0 Å². The zero-order valence-electron chi connectivity index (χ0n) is 9.62. The van der Waals surface area contributed by atoms with Gasteiger partial charge in [0.15, 0.2) is 5.78 Å². The largest absolute Gasteiger partial charge is 0.384 e. The Bertz CT molecular complexity index is 331. The first-order valence-electron chi connectivity index (χ1n) is 5.23. The Balaban J connectivity index is 2.65. The van der Waals surface area contributed by atoms with E-state index in [0.717, 1.165) is 11.1 Å². The number of benzene rings is 1. The molecule has 0 radical (unpaired) electrons. The number of carbonyl (C=O) groups is 1. The Morgan fingerprint density at radius 1 is 1.40 bits per heavy atom. The first-order valence-corrected chi connectivity index (χ1v) is 5.23. The lowest BCUT2D eigenvalue weighted by Crippen LogP contribution is -2.11. The van der Waals surface area contributed by atoms with Crippen molar-refractivity contribution in [2.75, 3.05) is 13.7 Å². The van der Waals surface area contributed by atoms with E-state index in [2.05, 4.69) is 0 Å². The van der Waals surface area contributed by atoms with Gasteiger partial charge in [-0.05, 0) is 18.4 Å². The van der Waals surface area contributed by atoms with Crippen LogP contribution in [0.25, 0.3) is 0 Å². The summed E-state index contributed by atoms with van der Waals surface area (Å²) in [6.45, 7) is 4.63. The maximum atomic E-state index is 11.9. The Labute approximate surface area is 91.3 Å². The lowest BCUT2D eigenvalue weighted by atomic mass is 9.97. The average molecular weight is 206 g/mol. The van der Waals surface area contributed by atoms with E-state index >= 15 is 0 Å². The van der Waals surface area contributed by atoms with Crippen LogP contribution in [0.15, 0.2) is 24.3 Å². The summed E-state index contributed by atoms with van der Waals surface area (Å²) in [5.74, 6) is 0.486. The molecule has 1 aromatic rings. The fourth-order valence-electron chi connectivity index (χ4n) is 1.66. The number of aryl methyl sites for hydroxylation is 1. The SMILES string of the molecule is COCC(C)CC(=O)c1ccccc1C. The Hall–Kier alpha value is -1.15. The van der Waals surface area contributed by atoms with Crippen LogP contribution in [-0.4, -0.2) is 19.5 Å².